The average molecular weight is 397 g/mol. The molecule has 0 aliphatic carbocycles. The van der Waals surface area contributed by atoms with Crippen LogP contribution in [0.25, 0.3) is 0 Å². The van der Waals surface area contributed by atoms with Crippen molar-refractivity contribution in [3.05, 3.63) is 42.2 Å². The fourth-order valence-electron chi connectivity index (χ4n) is 2.26. The number of anilines is 1. The minimum absolute atomic E-state index is 0.00985. The van der Waals surface area contributed by atoms with Crippen LogP contribution in [-0.4, -0.2) is 42.3 Å². The van der Waals surface area contributed by atoms with E-state index < -0.39 is 12.0 Å². The van der Waals surface area contributed by atoms with Gasteiger partial charge in [-0.3, -0.25) is 9.78 Å². The first-order valence-electron chi connectivity index (χ1n) is 7.54. The molecular weight excluding hydrogens is 383 g/mol. The Kier molecular flexibility index (Phi) is 4.91. The number of aromatic nitrogens is 6. The van der Waals surface area contributed by atoms with Crippen molar-refractivity contribution in [2.75, 3.05) is 11.9 Å². The number of nitrogens with zero attached hydrogens (tertiary/aromatic N) is 7. The average Bonchev–Trinajstić information content (AvgIpc) is 3.18. The number of alkyl halides is 3. The minimum atomic E-state index is -4.60. The van der Waals surface area contributed by atoms with Crippen LogP contribution >= 0.6 is 11.8 Å². The fraction of sp³-hybridized carbons (Fsp3) is 0.267. The normalized spacial score (nSPS) is 11.6. The molecule has 0 unspecified atom stereocenters. The minimum Gasteiger partial charge on any atom is -0.318 e. The van der Waals surface area contributed by atoms with Gasteiger partial charge in [-0.2, -0.15) is 13.2 Å². The van der Waals surface area contributed by atoms with Crippen LogP contribution in [0.5, 0.6) is 0 Å². The van der Waals surface area contributed by atoms with Gasteiger partial charge in [-0.25, -0.2) is 4.98 Å². The van der Waals surface area contributed by atoms with Gasteiger partial charge < -0.3 is 14.0 Å². The third-order valence-corrected chi connectivity index (χ3v) is 4.87. The smallest absolute Gasteiger partial charge is 0.318 e. The van der Waals surface area contributed by atoms with Crippen molar-refractivity contribution in [1.29, 1.82) is 0 Å². The SMILES string of the molecule is CN(C(=O)c1cnc(Sc2nnc(C(F)(F)F)n2C)n1C)c1cccnc1. The van der Waals surface area contributed by atoms with Crippen LogP contribution in [0.2, 0.25) is 0 Å². The fourth-order valence-corrected chi connectivity index (χ4v) is 3.07. The molecule has 12 heteroatoms. The topological polar surface area (TPSA) is 81.7 Å². The second-order valence-corrected chi connectivity index (χ2v) is 6.46. The molecule has 0 aliphatic heterocycles. The van der Waals surface area contributed by atoms with Crippen LogP contribution in [0.1, 0.15) is 16.3 Å². The molecule has 3 aromatic heterocycles. The van der Waals surface area contributed by atoms with Gasteiger partial charge in [-0.1, -0.05) is 0 Å². The lowest BCUT2D eigenvalue weighted by Crippen LogP contribution is -2.28. The van der Waals surface area contributed by atoms with Gasteiger partial charge in [0.1, 0.15) is 5.69 Å². The number of amides is 1. The van der Waals surface area contributed by atoms with Crippen LogP contribution in [0.3, 0.4) is 0 Å². The zero-order valence-electron chi connectivity index (χ0n) is 14.5. The van der Waals surface area contributed by atoms with Crippen molar-refractivity contribution >= 4 is 23.4 Å². The largest absolute Gasteiger partial charge is 0.451 e. The molecule has 0 spiro atoms. The van der Waals surface area contributed by atoms with Crippen LogP contribution in [-0.2, 0) is 20.3 Å². The van der Waals surface area contributed by atoms with E-state index in [4.69, 9.17) is 0 Å². The van der Waals surface area contributed by atoms with Gasteiger partial charge in [0.15, 0.2) is 10.3 Å². The van der Waals surface area contributed by atoms with E-state index in [1.165, 1.54) is 22.7 Å². The van der Waals surface area contributed by atoms with Gasteiger partial charge >= 0.3 is 6.18 Å². The Morgan fingerprint density at radius 1 is 1.15 bits per heavy atom. The molecule has 0 saturated heterocycles. The molecule has 27 heavy (non-hydrogen) atoms. The maximum atomic E-state index is 12.8. The lowest BCUT2D eigenvalue weighted by molar-refractivity contribution is -0.147. The molecule has 0 atom stereocenters. The van der Waals surface area contributed by atoms with E-state index in [0.29, 0.717) is 10.8 Å². The summed E-state index contributed by atoms with van der Waals surface area (Å²) in [6, 6.07) is 3.44. The summed E-state index contributed by atoms with van der Waals surface area (Å²) in [7, 11) is 4.41. The zero-order valence-corrected chi connectivity index (χ0v) is 15.3. The zero-order chi connectivity index (χ0) is 19.8. The number of carbonyl (C=O) groups excluding carboxylic acids is 1. The number of carbonyl (C=O) groups is 1. The molecule has 0 fully saturated rings. The molecule has 0 bridgehead atoms. The predicted octanol–water partition coefficient (Wildman–Crippen LogP) is 2.39. The van der Waals surface area contributed by atoms with Crippen LogP contribution < -0.4 is 4.90 Å². The van der Waals surface area contributed by atoms with Crippen molar-refractivity contribution in [2.24, 2.45) is 14.1 Å². The number of hydrogen-bond acceptors (Lipinski definition) is 6. The molecule has 0 aromatic carbocycles. The first-order chi connectivity index (χ1) is 12.7. The van der Waals surface area contributed by atoms with Gasteiger partial charge in [0.25, 0.3) is 5.91 Å². The number of rotatable bonds is 4. The summed E-state index contributed by atoms with van der Waals surface area (Å²) in [6.07, 6.45) is -0.104. The van der Waals surface area contributed by atoms with Crippen LogP contribution in [0.4, 0.5) is 18.9 Å². The van der Waals surface area contributed by atoms with E-state index in [2.05, 4.69) is 20.2 Å². The van der Waals surface area contributed by atoms with E-state index in [-0.39, 0.29) is 16.8 Å². The molecule has 0 saturated carbocycles. The molecule has 0 aliphatic rings. The van der Waals surface area contributed by atoms with Crippen molar-refractivity contribution in [3.63, 3.8) is 0 Å². The van der Waals surface area contributed by atoms with Gasteiger partial charge in [-0.15, -0.1) is 10.2 Å². The predicted molar refractivity (Wildman–Crippen MR) is 90.3 cm³/mol. The van der Waals surface area contributed by atoms with Crippen LogP contribution in [0, 0.1) is 0 Å². The molecule has 3 aromatic rings. The molecule has 0 radical (unpaired) electrons. The third-order valence-electron chi connectivity index (χ3n) is 3.77. The number of halogens is 3. The molecule has 8 nitrogen and oxygen atoms in total. The quantitative estimate of drug-likeness (QED) is 0.672. The highest BCUT2D eigenvalue weighted by atomic mass is 32.2. The maximum absolute atomic E-state index is 12.8. The summed E-state index contributed by atoms with van der Waals surface area (Å²) in [5.74, 6) is -1.44. The monoisotopic (exact) mass is 397 g/mol. The summed E-state index contributed by atoms with van der Waals surface area (Å²) < 4.78 is 40.8. The van der Waals surface area contributed by atoms with Gasteiger partial charge in [0, 0.05) is 27.3 Å². The van der Waals surface area contributed by atoms with E-state index in [0.717, 1.165) is 16.3 Å². The Morgan fingerprint density at radius 2 is 1.89 bits per heavy atom. The number of pyridine rings is 1. The molecular formula is C15H14F3N7OS. The number of imidazole rings is 1. The Bertz CT molecular complexity index is 968. The lowest BCUT2D eigenvalue weighted by atomic mass is 10.3. The molecule has 1 amide bonds. The van der Waals surface area contributed by atoms with Crippen molar-refractivity contribution in [1.82, 2.24) is 29.3 Å². The van der Waals surface area contributed by atoms with Gasteiger partial charge in [-0.05, 0) is 23.9 Å². The van der Waals surface area contributed by atoms with Crippen molar-refractivity contribution < 1.29 is 18.0 Å². The standard InChI is InChI=1S/C15H14F3N7OS/c1-23(9-5-4-6-19-7-9)11(26)10-8-20-13(24(10)2)27-14-22-21-12(25(14)3)15(16,17)18/h4-8H,1-3H3. The van der Waals surface area contributed by atoms with Crippen molar-refractivity contribution in [3.8, 4) is 0 Å². The van der Waals surface area contributed by atoms with E-state index >= 15 is 0 Å². The lowest BCUT2D eigenvalue weighted by Gasteiger charge is -2.16. The Labute approximate surface area is 156 Å². The Morgan fingerprint density at radius 3 is 2.48 bits per heavy atom. The number of hydrogen-bond donors (Lipinski definition) is 0. The van der Waals surface area contributed by atoms with E-state index in [1.807, 2.05) is 0 Å². The summed E-state index contributed by atoms with van der Waals surface area (Å²) >= 11 is 0.882. The third kappa shape index (κ3) is 3.65. The molecule has 0 N–H and O–H groups in total. The highest BCUT2D eigenvalue weighted by Crippen LogP contribution is 2.32. The molecule has 142 valence electrons. The van der Waals surface area contributed by atoms with E-state index in [1.54, 1.807) is 38.6 Å². The summed E-state index contributed by atoms with van der Waals surface area (Å²) in [5.41, 5.74) is 0.864. The summed E-state index contributed by atoms with van der Waals surface area (Å²) in [4.78, 5) is 22.2. The Balaban J connectivity index is 1.84. The molecule has 3 heterocycles. The second kappa shape index (κ2) is 7.02. The van der Waals surface area contributed by atoms with Gasteiger partial charge in [0.2, 0.25) is 5.82 Å². The van der Waals surface area contributed by atoms with Crippen LogP contribution in [0.15, 0.2) is 41.0 Å². The molecule has 3 rings (SSSR count). The van der Waals surface area contributed by atoms with E-state index in [9.17, 15) is 18.0 Å². The Hall–Kier alpha value is -2.89. The maximum Gasteiger partial charge on any atom is 0.451 e. The first-order valence-corrected chi connectivity index (χ1v) is 8.36. The highest BCUT2D eigenvalue weighted by Gasteiger charge is 2.37. The van der Waals surface area contributed by atoms with Gasteiger partial charge in [0.05, 0.1) is 18.1 Å². The summed E-state index contributed by atoms with van der Waals surface area (Å²) in [5, 5.41) is 7.04. The first kappa shape index (κ1) is 18.9. The summed E-state index contributed by atoms with van der Waals surface area (Å²) in [6.45, 7) is 0. The second-order valence-electron chi connectivity index (χ2n) is 5.53. The highest BCUT2D eigenvalue weighted by molar-refractivity contribution is 7.99. The van der Waals surface area contributed by atoms with Crippen molar-refractivity contribution in [2.45, 2.75) is 16.5 Å².